The fourth-order valence-corrected chi connectivity index (χ4v) is 2.50. The van der Waals surface area contributed by atoms with E-state index in [0.717, 1.165) is 38.4 Å². The van der Waals surface area contributed by atoms with Crippen molar-refractivity contribution in [2.45, 2.75) is 19.4 Å². The van der Waals surface area contributed by atoms with Crippen molar-refractivity contribution in [2.75, 3.05) is 19.7 Å². The van der Waals surface area contributed by atoms with Gasteiger partial charge in [-0.15, -0.1) is 12.4 Å². The number of aromatic nitrogens is 2. The molecule has 1 saturated heterocycles. The molecule has 1 N–H and O–H groups in total. The Hall–Kier alpha value is -1.52. The van der Waals surface area contributed by atoms with Gasteiger partial charge in [0.2, 0.25) is 0 Å². The monoisotopic (exact) mass is 307 g/mol. The molecule has 0 aliphatic carbocycles. The maximum atomic E-state index is 5.80. The molecule has 1 atom stereocenters. The van der Waals surface area contributed by atoms with Crippen molar-refractivity contribution < 1.29 is 4.74 Å². The minimum atomic E-state index is 0. The maximum Gasteiger partial charge on any atom is 0.157 e. The fraction of sp³-hybridized carbons (Fsp3) is 0.438. The SMILES string of the molecule is Cl.c1ccc(CCn2cc(OCC3CCNC3)cn2)cc1. The van der Waals surface area contributed by atoms with Gasteiger partial charge in [0.05, 0.1) is 19.0 Å². The van der Waals surface area contributed by atoms with Crippen LogP contribution in [0.5, 0.6) is 5.75 Å². The Labute approximate surface area is 131 Å². The van der Waals surface area contributed by atoms with Crippen molar-refractivity contribution in [3.63, 3.8) is 0 Å². The van der Waals surface area contributed by atoms with Gasteiger partial charge in [-0.2, -0.15) is 5.10 Å². The predicted molar refractivity (Wildman–Crippen MR) is 86.1 cm³/mol. The number of nitrogens with one attached hydrogen (secondary N) is 1. The molecule has 1 aromatic carbocycles. The normalized spacial score (nSPS) is 17.4. The third kappa shape index (κ3) is 4.76. The minimum Gasteiger partial charge on any atom is -0.490 e. The van der Waals surface area contributed by atoms with E-state index in [-0.39, 0.29) is 12.4 Å². The van der Waals surface area contributed by atoms with E-state index in [4.69, 9.17) is 4.74 Å². The molecule has 2 aromatic rings. The van der Waals surface area contributed by atoms with Crippen molar-refractivity contribution in [1.82, 2.24) is 15.1 Å². The summed E-state index contributed by atoms with van der Waals surface area (Å²) in [5.41, 5.74) is 1.34. The molecule has 114 valence electrons. The number of rotatable bonds is 6. The smallest absolute Gasteiger partial charge is 0.157 e. The number of hydrogen-bond donors (Lipinski definition) is 1. The molecular weight excluding hydrogens is 286 g/mol. The van der Waals surface area contributed by atoms with Crippen LogP contribution in [-0.2, 0) is 13.0 Å². The summed E-state index contributed by atoms with van der Waals surface area (Å²) in [7, 11) is 0. The van der Waals surface area contributed by atoms with Gasteiger partial charge in [0.25, 0.3) is 0 Å². The second-order valence-corrected chi connectivity index (χ2v) is 5.34. The molecule has 2 heterocycles. The van der Waals surface area contributed by atoms with Crippen LogP contribution in [0.25, 0.3) is 0 Å². The highest BCUT2D eigenvalue weighted by Gasteiger charge is 2.15. The van der Waals surface area contributed by atoms with Crippen LogP contribution in [0, 0.1) is 5.92 Å². The van der Waals surface area contributed by atoms with E-state index in [1.54, 1.807) is 0 Å². The van der Waals surface area contributed by atoms with Gasteiger partial charge in [-0.1, -0.05) is 30.3 Å². The van der Waals surface area contributed by atoms with E-state index >= 15 is 0 Å². The second kappa shape index (κ2) is 8.05. The first-order valence-electron chi connectivity index (χ1n) is 7.30. The first kappa shape index (κ1) is 15.9. The van der Waals surface area contributed by atoms with Crippen LogP contribution in [0.1, 0.15) is 12.0 Å². The molecule has 1 aromatic heterocycles. The summed E-state index contributed by atoms with van der Waals surface area (Å²) >= 11 is 0. The Morgan fingerprint density at radius 3 is 2.90 bits per heavy atom. The summed E-state index contributed by atoms with van der Waals surface area (Å²) in [6.07, 6.45) is 6.01. The molecule has 1 fully saturated rings. The third-order valence-electron chi connectivity index (χ3n) is 3.73. The van der Waals surface area contributed by atoms with Crippen molar-refractivity contribution >= 4 is 12.4 Å². The molecule has 0 spiro atoms. The summed E-state index contributed by atoms with van der Waals surface area (Å²) in [5, 5.41) is 7.70. The second-order valence-electron chi connectivity index (χ2n) is 5.34. The average Bonchev–Trinajstić information content (AvgIpc) is 3.16. The zero-order valence-electron chi connectivity index (χ0n) is 12.1. The Kier molecular flexibility index (Phi) is 6.08. The molecule has 1 aliphatic rings. The van der Waals surface area contributed by atoms with Crippen molar-refractivity contribution in [3.8, 4) is 5.75 Å². The molecule has 0 amide bonds. The quantitative estimate of drug-likeness (QED) is 0.891. The number of halogens is 1. The Bertz CT molecular complexity index is 523. The summed E-state index contributed by atoms with van der Waals surface area (Å²) in [6.45, 7) is 3.86. The summed E-state index contributed by atoms with van der Waals surface area (Å²) in [5.74, 6) is 1.52. The van der Waals surface area contributed by atoms with Gasteiger partial charge in [-0.05, 0) is 24.9 Å². The number of benzene rings is 1. The Balaban J connectivity index is 0.00000161. The van der Waals surface area contributed by atoms with Gasteiger partial charge < -0.3 is 10.1 Å². The lowest BCUT2D eigenvalue weighted by molar-refractivity contribution is 0.260. The van der Waals surface area contributed by atoms with Crippen LogP contribution < -0.4 is 10.1 Å². The predicted octanol–water partition coefficient (Wildman–Crippen LogP) is 2.54. The van der Waals surface area contributed by atoms with E-state index < -0.39 is 0 Å². The average molecular weight is 308 g/mol. The van der Waals surface area contributed by atoms with Crippen LogP contribution in [0.3, 0.4) is 0 Å². The van der Waals surface area contributed by atoms with E-state index in [0.29, 0.717) is 5.92 Å². The highest BCUT2D eigenvalue weighted by molar-refractivity contribution is 5.85. The van der Waals surface area contributed by atoms with Gasteiger partial charge in [-0.3, -0.25) is 4.68 Å². The molecule has 1 unspecified atom stereocenters. The molecule has 4 nitrogen and oxygen atoms in total. The fourth-order valence-electron chi connectivity index (χ4n) is 2.50. The lowest BCUT2D eigenvalue weighted by Gasteiger charge is -2.08. The summed E-state index contributed by atoms with van der Waals surface area (Å²) in [6, 6.07) is 10.5. The number of nitrogens with zero attached hydrogens (tertiary/aromatic N) is 2. The van der Waals surface area contributed by atoms with Crippen LogP contribution in [-0.4, -0.2) is 29.5 Å². The first-order chi connectivity index (χ1) is 9.90. The van der Waals surface area contributed by atoms with Crippen LogP contribution >= 0.6 is 12.4 Å². The van der Waals surface area contributed by atoms with Crippen molar-refractivity contribution in [3.05, 3.63) is 48.3 Å². The highest BCUT2D eigenvalue weighted by Crippen LogP contribution is 2.13. The van der Waals surface area contributed by atoms with Gasteiger partial charge in [0.1, 0.15) is 0 Å². The maximum absolute atomic E-state index is 5.80. The van der Waals surface area contributed by atoms with Gasteiger partial charge >= 0.3 is 0 Å². The van der Waals surface area contributed by atoms with Crippen LogP contribution in [0.4, 0.5) is 0 Å². The molecule has 21 heavy (non-hydrogen) atoms. The lowest BCUT2D eigenvalue weighted by Crippen LogP contribution is -2.15. The van der Waals surface area contributed by atoms with Crippen molar-refractivity contribution in [1.29, 1.82) is 0 Å². The molecule has 0 bridgehead atoms. The number of aryl methyl sites for hydroxylation is 2. The molecule has 0 saturated carbocycles. The van der Waals surface area contributed by atoms with Crippen LogP contribution in [0.15, 0.2) is 42.7 Å². The molecule has 1 aliphatic heterocycles. The molecule has 5 heteroatoms. The van der Waals surface area contributed by atoms with Crippen molar-refractivity contribution in [2.24, 2.45) is 5.92 Å². The van der Waals surface area contributed by atoms with E-state index in [1.165, 1.54) is 12.0 Å². The Morgan fingerprint density at radius 2 is 2.14 bits per heavy atom. The van der Waals surface area contributed by atoms with E-state index in [2.05, 4.69) is 34.7 Å². The minimum absolute atomic E-state index is 0. The van der Waals surface area contributed by atoms with E-state index in [1.807, 2.05) is 23.1 Å². The van der Waals surface area contributed by atoms with Gasteiger partial charge in [0, 0.05) is 19.0 Å². The highest BCUT2D eigenvalue weighted by atomic mass is 35.5. The molecule has 0 radical (unpaired) electrons. The summed E-state index contributed by atoms with van der Waals surface area (Å²) in [4.78, 5) is 0. The first-order valence-corrected chi connectivity index (χ1v) is 7.30. The lowest BCUT2D eigenvalue weighted by atomic mass is 10.1. The number of ether oxygens (including phenoxy) is 1. The topological polar surface area (TPSA) is 39.1 Å². The number of hydrogen-bond acceptors (Lipinski definition) is 3. The Morgan fingerprint density at radius 1 is 1.29 bits per heavy atom. The summed E-state index contributed by atoms with van der Waals surface area (Å²) < 4.78 is 7.75. The standard InChI is InChI=1S/C16H21N3O.ClH/c1-2-4-14(5-3-1)7-9-19-12-16(11-18-19)20-13-15-6-8-17-10-15;/h1-5,11-12,15,17H,6-10,13H2;1H. The molecular formula is C16H22ClN3O. The largest absolute Gasteiger partial charge is 0.490 e. The zero-order valence-corrected chi connectivity index (χ0v) is 12.9. The molecule has 3 rings (SSSR count). The van der Waals surface area contributed by atoms with Crippen LogP contribution in [0.2, 0.25) is 0 Å². The van der Waals surface area contributed by atoms with Gasteiger partial charge in [-0.25, -0.2) is 0 Å². The third-order valence-corrected chi connectivity index (χ3v) is 3.73. The van der Waals surface area contributed by atoms with Gasteiger partial charge in [0.15, 0.2) is 5.75 Å². The zero-order chi connectivity index (χ0) is 13.6. The van der Waals surface area contributed by atoms with E-state index in [9.17, 15) is 0 Å².